The maximum Gasteiger partial charge on any atom is 0.231 e. The lowest BCUT2D eigenvalue weighted by Crippen LogP contribution is -1.99. The zero-order chi connectivity index (χ0) is 20.9. The first-order valence-electron chi connectivity index (χ1n) is 9.33. The number of rotatable bonds is 7. The van der Waals surface area contributed by atoms with Gasteiger partial charge in [-0.15, -0.1) is 0 Å². The van der Waals surface area contributed by atoms with Crippen LogP contribution in [-0.4, -0.2) is 24.8 Å². The molecule has 1 aliphatic rings. The topological polar surface area (TPSA) is 74.2 Å². The number of allylic oxidation sites excluding steroid dienone is 1. The molecule has 0 fully saturated rings. The molecule has 1 aliphatic heterocycles. The molecule has 0 unspecified atom stereocenters. The van der Waals surface area contributed by atoms with Crippen LogP contribution in [0.2, 0.25) is 0 Å². The summed E-state index contributed by atoms with van der Waals surface area (Å²) in [7, 11) is 1.60. The Balaban J connectivity index is 1.48. The average molecular weight is 404 g/mol. The predicted octanol–water partition coefficient (Wildman–Crippen LogP) is 4.60. The van der Waals surface area contributed by atoms with E-state index in [1.807, 2.05) is 24.3 Å². The van der Waals surface area contributed by atoms with Gasteiger partial charge in [-0.2, -0.15) is 0 Å². The van der Waals surface area contributed by atoms with Crippen LogP contribution in [0.25, 0.3) is 6.08 Å². The Morgan fingerprint density at radius 3 is 2.77 bits per heavy atom. The molecular formula is C24H20O6. The van der Waals surface area contributed by atoms with Gasteiger partial charge in [0.1, 0.15) is 23.9 Å². The van der Waals surface area contributed by atoms with E-state index in [1.165, 1.54) is 18.2 Å². The molecule has 152 valence electrons. The molecule has 0 spiro atoms. The second-order valence-corrected chi connectivity index (χ2v) is 6.62. The highest BCUT2D eigenvalue weighted by Crippen LogP contribution is 2.35. The number of benzene rings is 3. The van der Waals surface area contributed by atoms with Gasteiger partial charge in [0.25, 0.3) is 0 Å². The first-order chi connectivity index (χ1) is 14.6. The van der Waals surface area contributed by atoms with Crippen LogP contribution in [0.4, 0.5) is 0 Å². The fourth-order valence-corrected chi connectivity index (χ4v) is 3.07. The molecule has 1 N–H and O–H groups in total. The summed E-state index contributed by atoms with van der Waals surface area (Å²) in [6.45, 7) is 0.493. The van der Waals surface area contributed by atoms with Crippen LogP contribution < -0.4 is 18.9 Å². The Morgan fingerprint density at radius 2 is 1.93 bits per heavy atom. The number of methoxy groups -OCH3 is 1. The number of hydrogen-bond acceptors (Lipinski definition) is 6. The Hall–Kier alpha value is -3.93. The smallest absolute Gasteiger partial charge is 0.231 e. The fourth-order valence-electron chi connectivity index (χ4n) is 3.07. The normalized spacial score (nSPS) is 12.2. The van der Waals surface area contributed by atoms with Gasteiger partial charge in [0, 0.05) is 17.2 Å². The molecule has 0 bridgehead atoms. The quantitative estimate of drug-likeness (QED) is 0.458. The molecule has 0 saturated carbocycles. The van der Waals surface area contributed by atoms with Crippen molar-refractivity contribution in [2.75, 3.05) is 13.9 Å². The molecule has 0 aromatic heterocycles. The van der Waals surface area contributed by atoms with Gasteiger partial charge in [0.2, 0.25) is 6.79 Å². The fraction of sp³-hybridized carbons (Fsp3) is 0.125. The van der Waals surface area contributed by atoms with Crippen molar-refractivity contribution in [2.24, 2.45) is 0 Å². The van der Waals surface area contributed by atoms with Crippen molar-refractivity contribution < 1.29 is 28.8 Å². The van der Waals surface area contributed by atoms with Crippen molar-refractivity contribution in [1.29, 1.82) is 0 Å². The van der Waals surface area contributed by atoms with Crippen LogP contribution in [0.15, 0.2) is 66.7 Å². The van der Waals surface area contributed by atoms with Crippen molar-refractivity contribution in [3.05, 3.63) is 83.4 Å². The molecular weight excluding hydrogens is 384 g/mol. The minimum Gasteiger partial charge on any atom is -0.508 e. The molecule has 30 heavy (non-hydrogen) atoms. The predicted molar refractivity (Wildman–Crippen MR) is 111 cm³/mol. The minimum absolute atomic E-state index is 0.0571. The van der Waals surface area contributed by atoms with Crippen LogP contribution in [0, 0.1) is 0 Å². The third kappa shape index (κ3) is 4.38. The Labute approximate surface area is 173 Å². The van der Waals surface area contributed by atoms with Crippen molar-refractivity contribution in [2.45, 2.75) is 6.61 Å². The lowest BCUT2D eigenvalue weighted by Gasteiger charge is -2.11. The number of fused-ring (bicyclic) bond motifs is 1. The van der Waals surface area contributed by atoms with Gasteiger partial charge in [-0.25, -0.2) is 0 Å². The van der Waals surface area contributed by atoms with E-state index >= 15 is 0 Å². The first-order valence-corrected chi connectivity index (χ1v) is 9.33. The second kappa shape index (κ2) is 8.61. The van der Waals surface area contributed by atoms with E-state index < -0.39 is 0 Å². The molecule has 0 aliphatic carbocycles. The SMILES string of the molecule is COc1ccc(/C=C/C(=O)c2cccc(O)c2)cc1COc1ccc2c(c1)OCO2. The van der Waals surface area contributed by atoms with Gasteiger partial charge in [0.15, 0.2) is 17.3 Å². The molecule has 4 rings (SSSR count). The second-order valence-electron chi connectivity index (χ2n) is 6.62. The van der Waals surface area contributed by atoms with E-state index in [9.17, 15) is 9.90 Å². The molecule has 6 nitrogen and oxygen atoms in total. The Morgan fingerprint density at radius 1 is 1.07 bits per heavy atom. The zero-order valence-electron chi connectivity index (χ0n) is 16.3. The number of aromatic hydroxyl groups is 1. The first kappa shape index (κ1) is 19.4. The van der Waals surface area contributed by atoms with E-state index in [4.69, 9.17) is 18.9 Å². The highest BCUT2D eigenvalue weighted by Gasteiger charge is 2.14. The lowest BCUT2D eigenvalue weighted by molar-refractivity contribution is 0.104. The molecule has 3 aromatic carbocycles. The van der Waals surface area contributed by atoms with Gasteiger partial charge in [0.05, 0.1) is 7.11 Å². The maximum atomic E-state index is 12.3. The largest absolute Gasteiger partial charge is 0.508 e. The molecule has 0 amide bonds. The van der Waals surface area contributed by atoms with Gasteiger partial charge in [-0.1, -0.05) is 24.3 Å². The van der Waals surface area contributed by atoms with Crippen molar-refractivity contribution in [3.8, 4) is 28.7 Å². The number of ketones is 1. The third-order valence-corrected chi connectivity index (χ3v) is 4.60. The van der Waals surface area contributed by atoms with E-state index in [1.54, 1.807) is 37.5 Å². The summed E-state index contributed by atoms with van der Waals surface area (Å²) in [6, 6.07) is 17.2. The van der Waals surface area contributed by atoms with E-state index in [0.717, 1.165) is 11.1 Å². The van der Waals surface area contributed by atoms with Gasteiger partial charge < -0.3 is 24.1 Å². The standard InChI is InChI=1S/C24H20O6/c1-27-22-9-6-16(5-8-21(26)17-3-2-4-19(25)12-17)11-18(22)14-28-20-7-10-23-24(13-20)30-15-29-23/h2-13,25H,14-15H2,1H3/b8-5+. The van der Waals surface area contributed by atoms with Crippen LogP contribution in [-0.2, 0) is 6.61 Å². The molecule has 0 radical (unpaired) electrons. The number of carbonyl (C=O) groups is 1. The van der Waals surface area contributed by atoms with Crippen molar-refractivity contribution in [1.82, 2.24) is 0 Å². The number of hydrogen-bond donors (Lipinski definition) is 1. The average Bonchev–Trinajstić information content (AvgIpc) is 3.24. The summed E-state index contributed by atoms with van der Waals surface area (Å²) in [4.78, 5) is 12.3. The van der Waals surface area contributed by atoms with Crippen LogP contribution in [0.3, 0.4) is 0 Å². The maximum absolute atomic E-state index is 12.3. The van der Waals surface area contributed by atoms with E-state index in [0.29, 0.717) is 28.6 Å². The summed E-state index contributed by atoms with van der Waals surface area (Å²) >= 11 is 0. The van der Waals surface area contributed by atoms with Crippen LogP contribution in [0.5, 0.6) is 28.7 Å². The number of phenols is 1. The van der Waals surface area contributed by atoms with E-state index in [-0.39, 0.29) is 24.9 Å². The van der Waals surface area contributed by atoms with Gasteiger partial charge in [-0.05, 0) is 48.0 Å². The van der Waals surface area contributed by atoms with Crippen molar-refractivity contribution in [3.63, 3.8) is 0 Å². The highest BCUT2D eigenvalue weighted by molar-refractivity contribution is 6.07. The summed E-state index contributed by atoms with van der Waals surface area (Å²) in [5, 5.41) is 9.53. The molecule has 0 atom stereocenters. The Kier molecular flexibility index (Phi) is 5.57. The lowest BCUT2D eigenvalue weighted by atomic mass is 10.1. The summed E-state index contributed by atoms with van der Waals surface area (Å²) < 4.78 is 22.0. The van der Waals surface area contributed by atoms with Crippen LogP contribution >= 0.6 is 0 Å². The summed E-state index contributed by atoms with van der Waals surface area (Å²) in [5.74, 6) is 2.56. The number of phenolic OH excluding ortho intramolecular Hbond substituents is 1. The minimum atomic E-state index is -0.195. The molecule has 1 heterocycles. The Bertz CT molecular complexity index is 1100. The summed E-state index contributed by atoms with van der Waals surface area (Å²) in [6.07, 6.45) is 3.19. The number of carbonyl (C=O) groups excluding carboxylic acids is 1. The monoisotopic (exact) mass is 404 g/mol. The molecule has 0 saturated heterocycles. The van der Waals surface area contributed by atoms with Gasteiger partial charge in [-0.3, -0.25) is 4.79 Å². The van der Waals surface area contributed by atoms with Gasteiger partial charge >= 0.3 is 0 Å². The van der Waals surface area contributed by atoms with Crippen molar-refractivity contribution >= 4 is 11.9 Å². The third-order valence-electron chi connectivity index (χ3n) is 4.60. The highest BCUT2D eigenvalue weighted by atomic mass is 16.7. The molecule has 3 aromatic rings. The number of ether oxygens (including phenoxy) is 4. The van der Waals surface area contributed by atoms with E-state index in [2.05, 4.69) is 0 Å². The van der Waals surface area contributed by atoms with Crippen LogP contribution in [0.1, 0.15) is 21.5 Å². The zero-order valence-corrected chi connectivity index (χ0v) is 16.3. The summed E-state index contributed by atoms with van der Waals surface area (Å²) in [5.41, 5.74) is 2.09. The molecule has 6 heteroatoms.